The highest BCUT2D eigenvalue weighted by atomic mass is 35.5. The second-order valence-corrected chi connectivity index (χ2v) is 7.47. The molecule has 0 atom stereocenters. The zero-order valence-electron chi connectivity index (χ0n) is 16.5. The fourth-order valence-electron chi connectivity index (χ4n) is 2.61. The number of likely N-dealkylation sites (N-methyl/N-ethyl adjacent to an activating group) is 1. The predicted molar refractivity (Wildman–Crippen MR) is 112 cm³/mol. The van der Waals surface area contributed by atoms with E-state index in [1.807, 2.05) is 0 Å². The number of carbonyl (C=O) groups is 2. The van der Waals surface area contributed by atoms with E-state index in [1.165, 1.54) is 30.1 Å². The largest absolute Gasteiger partial charge is 0.456 e. The molecule has 0 radical (unpaired) electrons. The van der Waals surface area contributed by atoms with Gasteiger partial charge in [0.25, 0.3) is 5.91 Å². The smallest absolute Gasteiger partial charge is 0.306 e. The first kappa shape index (κ1) is 22.7. The van der Waals surface area contributed by atoms with Crippen LogP contribution in [0.2, 0.25) is 10.0 Å². The Bertz CT molecular complexity index is 1050. The molecule has 0 saturated heterocycles. The van der Waals surface area contributed by atoms with Gasteiger partial charge in [0, 0.05) is 41.2 Å². The third-order valence-corrected chi connectivity index (χ3v) is 4.96. The highest BCUT2D eigenvalue weighted by molar-refractivity contribution is 6.31. The van der Waals surface area contributed by atoms with Gasteiger partial charge in [0.2, 0.25) is 11.7 Å². The predicted octanol–water partition coefficient (Wildman–Crippen LogP) is 4.32. The minimum Gasteiger partial charge on any atom is -0.456 e. The van der Waals surface area contributed by atoms with Crippen molar-refractivity contribution in [1.29, 1.82) is 0 Å². The Morgan fingerprint density at radius 2 is 1.90 bits per heavy atom. The molecular formula is C21H18Cl2FN3O4. The van der Waals surface area contributed by atoms with E-state index in [2.05, 4.69) is 10.1 Å². The first-order valence-electron chi connectivity index (χ1n) is 9.24. The van der Waals surface area contributed by atoms with E-state index in [1.54, 1.807) is 24.3 Å². The summed E-state index contributed by atoms with van der Waals surface area (Å²) in [4.78, 5) is 29.6. The van der Waals surface area contributed by atoms with Gasteiger partial charge >= 0.3 is 5.97 Å². The van der Waals surface area contributed by atoms with Crippen LogP contribution in [0.4, 0.5) is 4.39 Å². The van der Waals surface area contributed by atoms with Crippen molar-refractivity contribution in [3.8, 4) is 11.4 Å². The van der Waals surface area contributed by atoms with Gasteiger partial charge in [-0.3, -0.25) is 9.59 Å². The van der Waals surface area contributed by atoms with Gasteiger partial charge < -0.3 is 14.2 Å². The van der Waals surface area contributed by atoms with Crippen LogP contribution >= 0.6 is 23.2 Å². The third kappa shape index (κ3) is 6.26. The molecule has 0 aliphatic heterocycles. The van der Waals surface area contributed by atoms with E-state index >= 15 is 0 Å². The number of amides is 1. The molecular weight excluding hydrogens is 448 g/mol. The molecule has 1 aromatic heterocycles. The summed E-state index contributed by atoms with van der Waals surface area (Å²) in [6, 6.07) is 11.2. The second-order valence-electron chi connectivity index (χ2n) is 6.63. The molecule has 31 heavy (non-hydrogen) atoms. The number of benzene rings is 2. The number of hydrogen-bond acceptors (Lipinski definition) is 6. The van der Waals surface area contributed by atoms with Crippen LogP contribution in [0.15, 0.2) is 47.0 Å². The lowest BCUT2D eigenvalue weighted by atomic mass is 10.2. The van der Waals surface area contributed by atoms with Crippen LogP contribution < -0.4 is 0 Å². The SMILES string of the molecule is CN(Cc1c(F)cccc1Cl)C(=O)COC(=O)CCc1nc(-c2ccc(Cl)cc2)no1. The lowest BCUT2D eigenvalue weighted by Crippen LogP contribution is -2.31. The number of rotatable bonds is 8. The molecule has 0 aliphatic carbocycles. The minimum absolute atomic E-state index is 0.0433. The molecule has 0 unspecified atom stereocenters. The number of halogens is 3. The van der Waals surface area contributed by atoms with Crippen LogP contribution in [-0.2, 0) is 27.3 Å². The Hall–Kier alpha value is -2.97. The van der Waals surface area contributed by atoms with Gasteiger partial charge in [-0.1, -0.05) is 34.4 Å². The third-order valence-electron chi connectivity index (χ3n) is 4.35. The van der Waals surface area contributed by atoms with E-state index in [0.29, 0.717) is 10.8 Å². The van der Waals surface area contributed by atoms with Crippen molar-refractivity contribution in [1.82, 2.24) is 15.0 Å². The number of nitrogens with zero attached hydrogens (tertiary/aromatic N) is 3. The van der Waals surface area contributed by atoms with Gasteiger partial charge in [-0.05, 0) is 36.4 Å². The summed E-state index contributed by atoms with van der Waals surface area (Å²) in [7, 11) is 1.47. The quantitative estimate of drug-likeness (QED) is 0.460. The Morgan fingerprint density at radius 1 is 1.16 bits per heavy atom. The molecule has 0 aliphatic rings. The lowest BCUT2D eigenvalue weighted by molar-refractivity contribution is -0.151. The monoisotopic (exact) mass is 465 g/mol. The number of aryl methyl sites for hydroxylation is 1. The first-order valence-corrected chi connectivity index (χ1v) is 10.00. The first-order chi connectivity index (χ1) is 14.8. The molecule has 0 N–H and O–H groups in total. The zero-order valence-corrected chi connectivity index (χ0v) is 18.0. The van der Waals surface area contributed by atoms with Crippen molar-refractivity contribution in [2.45, 2.75) is 19.4 Å². The summed E-state index contributed by atoms with van der Waals surface area (Å²) in [6.45, 7) is -0.515. The number of hydrogen-bond donors (Lipinski definition) is 0. The molecule has 7 nitrogen and oxygen atoms in total. The van der Waals surface area contributed by atoms with E-state index in [9.17, 15) is 14.0 Å². The van der Waals surface area contributed by atoms with Crippen molar-refractivity contribution >= 4 is 35.1 Å². The lowest BCUT2D eigenvalue weighted by Gasteiger charge is -2.18. The van der Waals surface area contributed by atoms with Crippen LogP contribution in [0.1, 0.15) is 17.9 Å². The molecule has 0 fully saturated rings. The second kappa shape index (κ2) is 10.4. The van der Waals surface area contributed by atoms with Crippen molar-refractivity contribution in [2.75, 3.05) is 13.7 Å². The summed E-state index contributed by atoms with van der Waals surface area (Å²) in [6.07, 6.45) is 0.118. The van der Waals surface area contributed by atoms with Gasteiger partial charge in [0.05, 0.1) is 6.42 Å². The van der Waals surface area contributed by atoms with Crippen molar-refractivity contribution in [2.24, 2.45) is 0 Å². The fourth-order valence-corrected chi connectivity index (χ4v) is 2.96. The van der Waals surface area contributed by atoms with Crippen molar-refractivity contribution in [3.63, 3.8) is 0 Å². The molecule has 3 rings (SSSR count). The summed E-state index contributed by atoms with van der Waals surface area (Å²) in [5, 5.41) is 4.67. The summed E-state index contributed by atoms with van der Waals surface area (Å²) in [5.74, 6) is -0.961. The number of ether oxygens (including phenoxy) is 1. The van der Waals surface area contributed by atoms with Crippen LogP contribution in [0.25, 0.3) is 11.4 Å². The van der Waals surface area contributed by atoms with Crippen LogP contribution in [0.5, 0.6) is 0 Å². The molecule has 1 amide bonds. The Morgan fingerprint density at radius 3 is 2.61 bits per heavy atom. The highest BCUT2D eigenvalue weighted by Gasteiger charge is 2.17. The minimum atomic E-state index is -0.600. The van der Waals surface area contributed by atoms with Gasteiger partial charge in [0.15, 0.2) is 6.61 Å². The topological polar surface area (TPSA) is 85.5 Å². The molecule has 0 spiro atoms. The maximum absolute atomic E-state index is 13.8. The number of aromatic nitrogens is 2. The number of carbonyl (C=O) groups excluding carboxylic acids is 2. The average Bonchev–Trinajstić information content (AvgIpc) is 3.22. The van der Waals surface area contributed by atoms with Gasteiger partial charge in [0.1, 0.15) is 5.82 Å². The fraction of sp³-hybridized carbons (Fsp3) is 0.238. The van der Waals surface area contributed by atoms with Crippen LogP contribution in [0.3, 0.4) is 0 Å². The van der Waals surface area contributed by atoms with Gasteiger partial charge in [-0.15, -0.1) is 0 Å². The summed E-state index contributed by atoms with van der Waals surface area (Å²) in [5.41, 5.74) is 0.921. The molecule has 10 heteroatoms. The molecule has 2 aromatic carbocycles. The standard InChI is InChI=1S/C21H18Cl2FN3O4/c1-27(11-15-16(23)3-2-4-17(15)24)19(28)12-30-20(29)10-9-18-25-21(26-31-18)13-5-7-14(22)8-6-13/h2-8H,9-12H2,1H3. The molecule has 0 bridgehead atoms. The number of esters is 1. The van der Waals surface area contributed by atoms with Crippen LogP contribution in [0, 0.1) is 5.82 Å². The maximum atomic E-state index is 13.8. The average molecular weight is 466 g/mol. The molecule has 0 saturated carbocycles. The van der Waals surface area contributed by atoms with E-state index in [4.69, 9.17) is 32.5 Å². The summed E-state index contributed by atoms with van der Waals surface area (Å²) < 4.78 is 24.0. The Labute approximate surface area is 187 Å². The Kier molecular flexibility index (Phi) is 7.59. The van der Waals surface area contributed by atoms with Crippen LogP contribution in [-0.4, -0.2) is 40.6 Å². The Balaban J connectivity index is 1.45. The highest BCUT2D eigenvalue weighted by Crippen LogP contribution is 2.21. The summed E-state index contributed by atoms with van der Waals surface area (Å²) >= 11 is 11.8. The van der Waals surface area contributed by atoms with E-state index in [-0.39, 0.29) is 35.9 Å². The zero-order chi connectivity index (χ0) is 22.4. The van der Waals surface area contributed by atoms with E-state index in [0.717, 1.165) is 5.56 Å². The van der Waals surface area contributed by atoms with Gasteiger partial charge in [-0.2, -0.15) is 4.98 Å². The van der Waals surface area contributed by atoms with Crippen molar-refractivity contribution < 1.29 is 23.2 Å². The van der Waals surface area contributed by atoms with E-state index < -0.39 is 24.3 Å². The molecule has 3 aromatic rings. The maximum Gasteiger partial charge on any atom is 0.306 e. The molecule has 162 valence electrons. The van der Waals surface area contributed by atoms with Crippen molar-refractivity contribution in [3.05, 3.63) is 69.8 Å². The molecule has 1 heterocycles. The van der Waals surface area contributed by atoms with Gasteiger partial charge in [-0.25, -0.2) is 4.39 Å². The normalized spacial score (nSPS) is 10.7.